The van der Waals surface area contributed by atoms with Gasteiger partial charge in [-0.3, -0.25) is 4.72 Å². The molecule has 86 valence electrons. The Morgan fingerprint density at radius 3 is 2.69 bits per heavy atom. The van der Waals surface area contributed by atoms with Crippen LogP contribution in [-0.4, -0.2) is 23.6 Å². The number of hydrogen-bond donors (Lipinski definition) is 1. The van der Waals surface area contributed by atoms with Gasteiger partial charge in [0.2, 0.25) is 5.95 Å². The number of sulfonamides is 1. The summed E-state index contributed by atoms with van der Waals surface area (Å²) in [4.78, 5) is 7.53. The van der Waals surface area contributed by atoms with E-state index < -0.39 is 15.3 Å². The predicted molar refractivity (Wildman–Crippen MR) is 59.4 cm³/mol. The highest BCUT2D eigenvalue weighted by molar-refractivity contribution is 7.93. The summed E-state index contributed by atoms with van der Waals surface area (Å²) in [6, 6.07) is 3.11. The van der Waals surface area contributed by atoms with Gasteiger partial charge in [0.25, 0.3) is 10.0 Å². The molecule has 1 N–H and O–H groups in total. The Morgan fingerprint density at radius 2 is 2.19 bits per heavy atom. The van der Waals surface area contributed by atoms with Crippen LogP contribution in [0.1, 0.15) is 12.6 Å². The third kappa shape index (κ3) is 3.05. The van der Waals surface area contributed by atoms with E-state index in [4.69, 9.17) is 16.9 Å². The summed E-state index contributed by atoms with van der Waals surface area (Å²) < 4.78 is 25.1. The number of nitrogens with zero attached hydrogens (tertiary/aromatic N) is 3. The second-order valence-corrected chi connectivity index (χ2v) is 5.46. The number of nitrogens with one attached hydrogen (secondary N) is 1. The first-order valence-electron chi connectivity index (χ1n) is 4.27. The van der Waals surface area contributed by atoms with Crippen molar-refractivity contribution in [3.05, 3.63) is 16.9 Å². The number of nitriles is 1. The van der Waals surface area contributed by atoms with Gasteiger partial charge in [0, 0.05) is 5.69 Å². The van der Waals surface area contributed by atoms with Crippen molar-refractivity contribution in [2.24, 2.45) is 0 Å². The lowest BCUT2D eigenvalue weighted by Crippen LogP contribution is -2.25. The van der Waals surface area contributed by atoms with Crippen LogP contribution >= 0.6 is 11.6 Å². The van der Waals surface area contributed by atoms with Gasteiger partial charge in [-0.05, 0) is 19.9 Å². The zero-order valence-corrected chi connectivity index (χ0v) is 10.2. The normalized spacial score (nSPS) is 12.9. The monoisotopic (exact) mass is 260 g/mol. The lowest BCUT2D eigenvalue weighted by molar-refractivity contribution is 0.596. The number of halogens is 1. The van der Waals surface area contributed by atoms with Gasteiger partial charge in [0.1, 0.15) is 5.15 Å². The molecule has 1 heterocycles. The van der Waals surface area contributed by atoms with Crippen LogP contribution in [0.15, 0.2) is 6.07 Å². The standard InChI is InChI=1S/C8H9ClN4O2S/c1-5-3-7(9)12-8(11-5)13-16(14,15)6(2)4-10/h3,6H,1-2H3,(H,11,12,13). The van der Waals surface area contributed by atoms with E-state index in [1.54, 1.807) is 13.0 Å². The van der Waals surface area contributed by atoms with Crippen LogP contribution in [0.25, 0.3) is 0 Å². The summed E-state index contributed by atoms with van der Waals surface area (Å²) in [7, 11) is -3.79. The van der Waals surface area contributed by atoms with Gasteiger partial charge in [-0.1, -0.05) is 11.6 Å². The maximum absolute atomic E-state index is 11.5. The van der Waals surface area contributed by atoms with Crippen LogP contribution in [0.4, 0.5) is 5.95 Å². The van der Waals surface area contributed by atoms with Crippen molar-refractivity contribution in [3.63, 3.8) is 0 Å². The Hall–Kier alpha value is -1.39. The van der Waals surface area contributed by atoms with Crippen LogP contribution < -0.4 is 4.72 Å². The van der Waals surface area contributed by atoms with Crippen LogP contribution in [0, 0.1) is 18.3 Å². The SMILES string of the molecule is Cc1cc(Cl)nc(NS(=O)(=O)C(C)C#N)n1. The summed E-state index contributed by atoms with van der Waals surface area (Å²) in [6.07, 6.45) is 0. The van der Waals surface area contributed by atoms with Crippen molar-refractivity contribution in [3.8, 4) is 6.07 Å². The lowest BCUT2D eigenvalue weighted by atomic mass is 10.5. The Bertz CT molecular complexity index is 517. The summed E-state index contributed by atoms with van der Waals surface area (Å²) in [5.41, 5.74) is 0.530. The number of hydrogen-bond acceptors (Lipinski definition) is 5. The highest BCUT2D eigenvalue weighted by atomic mass is 35.5. The van der Waals surface area contributed by atoms with E-state index >= 15 is 0 Å². The topological polar surface area (TPSA) is 95.7 Å². The molecule has 0 amide bonds. The summed E-state index contributed by atoms with van der Waals surface area (Å²) in [5, 5.41) is 7.47. The molecule has 0 fully saturated rings. The van der Waals surface area contributed by atoms with Crippen LogP contribution in [0.3, 0.4) is 0 Å². The van der Waals surface area contributed by atoms with E-state index in [1.807, 2.05) is 0 Å². The van der Waals surface area contributed by atoms with Gasteiger partial charge in [-0.25, -0.2) is 18.4 Å². The predicted octanol–water partition coefficient (Wildman–Crippen LogP) is 1.09. The molecular weight excluding hydrogens is 252 g/mol. The fourth-order valence-electron chi connectivity index (χ4n) is 0.861. The first-order chi connectivity index (χ1) is 7.35. The average Bonchev–Trinajstić information content (AvgIpc) is 2.13. The van der Waals surface area contributed by atoms with E-state index in [9.17, 15) is 8.42 Å². The van der Waals surface area contributed by atoms with Gasteiger partial charge in [0.15, 0.2) is 5.25 Å². The number of aromatic nitrogens is 2. The molecule has 6 nitrogen and oxygen atoms in total. The fourth-order valence-corrected chi connectivity index (χ4v) is 1.76. The first-order valence-corrected chi connectivity index (χ1v) is 6.20. The number of rotatable bonds is 3. The lowest BCUT2D eigenvalue weighted by Gasteiger charge is -2.08. The molecule has 0 bridgehead atoms. The minimum absolute atomic E-state index is 0.132. The van der Waals surface area contributed by atoms with Crippen molar-refractivity contribution in [2.75, 3.05) is 4.72 Å². The summed E-state index contributed by atoms with van der Waals surface area (Å²) >= 11 is 5.64. The molecule has 8 heteroatoms. The van der Waals surface area contributed by atoms with Crippen molar-refractivity contribution in [2.45, 2.75) is 19.1 Å². The zero-order valence-electron chi connectivity index (χ0n) is 8.60. The number of anilines is 1. The van der Waals surface area contributed by atoms with Crippen molar-refractivity contribution in [1.82, 2.24) is 9.97 Å². The van der Waals surface area contributed by atoms with Gasteiger partial charge >= 0.3 is 0 Å². The molecule has 0 spiro atoms. The van der Waals surface area contributed by atoms with E-state index in [-0.39, 0.29) is 11.1 Å². The Morgan fingerprint density at radius 1 is 1.56 bits per heavy atom. The van der Waals surface area contributed by atoms with Crippen LogP contribution in [-0.2, 0) is 10.0 Å². The molecular formula is C8H9ClN4O2S. The third-order valence-electron chi connectivity index (χ3n) is 1.70. The number of aryl methyl sites for hydroxylation is 1. The second-order valence-electron chi connectivity index (χ2n) is 3.07. The molecule has 1 atom stereocenters. The molecule has 0 aliphatic heterocycles. The van der Waals surface area contributed by atoms with Crippen LogP contribution in [0.2, 0.25) is 5.15 Å². The van der Waals surface area contributed by atoms with Gasteiger partial charge < -0.3 is 0 Å². The van der Waals surface area contributed by atoms with E-state index in [0.29, 0.717) is 5.69 Å². The highest BCUT2D eigenvalue weighted by Gasteiger charge is 2.21. The molecule has 16 heavy (non-hydrogen) atoms. The quantitative estimate of drug-likeness (QED) is 0.821. The molecule has 0 saturated heterocycles. The van der Waals surface area contributed by atoms with Crippen molar-refractivity contribution < 1.29 is 8.42 Å². The van der Waals surface area contributed by atoms with Gasteiger partial charge in [-0.15, -0.1) is 0 Å². The molecule has 1 aromatic rings. The Balaban J connectivity index is 3.02. The molecule has 0 aliphatic rings. The zero-order chi connectivity index (χ0) is 12.3. The minimum atomic E-state index is -3.79. The maximum atomic E-state index is 11.5. The third-order valence-corrected chi connectivity index (χ3v) is 3.40. The van der Waals surface area contributed by atoms with Crippen LogP contribution in [0.5, 0.6) is 0 Å². The molecule has 1 aromatic heterocycles. The van der Waals surface area contributed by atoms with Gasteiger partial charge in [0.05, 0.1) is 6.07 Å². The average molecular weight is 261 g/mol. The second kappa shape index (κ2) is 4.63. The summed E-state index contributed by atoms with van der Waals surface area (Å²) in [6.45, 7) is 2.92. The van der Waals surface area contributed by atoms with E-state index in [1.165, 1.54) is 13.0 Å². The molecule has 0 saturated carbocycles. The Kier molecular flexibility index (Phi) is 3.67. The smallest absolute Gasteiger partial charge is 0.250 e. The molecule has 0 aromatic carbocycles. The fraction of sp³-hybridized carbons (Fsp3) is 0.375. The molecule has 0 aliphatic carbocycles. The van der Waals surface area contributed by atoms with E-state index in [0.717, 1.165) is 0 Å². The summed E-state index contributed by atoms with van der Waals surface area (Å²) in [5.74, 6) is -0.132. The highest BCUT2D eigenvalue weighted by Crippen LogP contribution is 2.12. The van der Waals surface area contributed by atoms with Crippen molar-refractivity contribution in [1.29, 1.82) is 5.26 Å². The molecule has 1 unspecified atom stereocenters. The molecule has 1 rings (SSSR count). The Labute approximate surface area is 98.3 Å². The minimum Gasteiger partial charge on any atom is -0.250 e. The first kappa shape index (κ1) is 12.7. The van der Waals surface area contributed by atoms with Crippen molar-refractivity contribution >= 4 is 27.6 Å². The largest absolute Gasteiger partial charge is 0.251 e. The van der Waals surface area contributed by atoms with Gasteiger partial charge in [-0.2, -0.15) is 5.26 Å². The maximum Gasteiger partial charge on any atom is 0.251 e. The van der Waals surface area contributed by atoms with E-state index in [2.05, 4.69) is 14.7 Å². The molecule has 0 radical (unpaired) electrons.